The molecule has 126 valence electrons. The van der Waals surface area contributed by atoms with Crippen LogP contribution < -0.4 is 9.47 Å². The maximum absolute atomic E-state index is 12.1. The number of hydrogen-bond donors (Lipinski definition) is 0. The van der Waals surface area contributed by atoms with Gasteiger partial charge < -0.3 is 19.1 Å². The molecule has 1 saturated heterocycles. The Morgan fingerprint density at radius 1 is 1.17 bits per heavy atom. The largest absolute Gasteiger partial charge is 0.497 e. The first-order valence-electron chi connectivity index (χ1n) is 7.61. The van der Waals surface area contributed by atoms with E-state index in [0.29, 0.717) is 31.2 Å². The molecule has 2 aromatic rings. The van der Waals surface area contributed by atoms with Gasteiger partial charge in [0.15, 0.2) is 0 Å². The fraction of sp³-hybridized carbons (Fsp3) is 0.278. The first kappa shape index (κ1) is 16.8. The maximum Gasteiger partial charge on any atom is 0.415 e. The number of methoxy groups -OCH3 is 1. The molecule has 0 aromatic heterocycles. The molecule has 0 spiro atoms. The Morgan fingerprint density at radius 3 is 2.58 bits per heavy atom. The van der Waals surface area contributed by atoms with Gasteiger partial charge in [0, 0.05) is 10.5 Å². The smallest absolute Gasteiger partial charge is 0.415 e. The summed E-state index contributed by atoms with van der Waals surface area (Å²) in [7, 11) is 1.57. The molecule has 2 aromatic carbocycles. The molecule has 5 nitrogen and oxygen atoms in total. The molecule has 1 aliphatic heterocycles. The number of nitrogens with zero attached hydrogens (tertiary/aromatic N) is 1. The fourth-order valence-corrected chi connectivity index (χ4v) is 2.58. The van der Waals surface area contributed by atoms with Crippen molar-refractivity contribution in [2.75, 3.05) is 20.2 Å². The Bertz CT molecular complexity index is 698. The molecule has 0 unspecified atom stereocenters. The van der Waals surface area contributed by atoms with E-state index in [4.69, 9.17) is 14.2 Å². The standard InChI is InChI=1S/C18H18BrNO4/c1-22-15-3-2-4-16(9-15)24-18(21)20-10-17(11-20)23-12-13-5-7-14(19)8-6-13/h2-9,17H,10-12H2,1H3. The van der Waals surface area contributed by atoms with Crippen LogP contribution in [0, 0.1) is 0 Å². The predicted molar refractivity (Wildman–Crippen MR) is 93.3 cm³/mol. The van der Waals surface area contributed by atoms with Gasteiger partial charge in [-0.25, -0.2) is 4.79 Å². The third kappa shape index (κ3) is 4.27. The Labute approximate surface area is 149 Å². The summed E-state index contributed by atoms with van der Waals surface area (Å²) in [5, 5.41) is 0. The van der Waals surface area contributed by atoms with Gasteiger partial charge in [0.05, 0.1) is 32.9 Å². The van der Waals surface area contributed by atoms with Crippen LogP contribution in [0.2, 0.25) is 0 Å². The number of ether oxygens (including phenoxy) is 3. The number of carbonyl (C=O) groups is 1. The Hall–Kier alpha value is -2.05. The third-order valence-electron chi connectivity index (χ3n) is 3.75. The summed E-state index contributed by atoms with van der Waals surface area (Å²) in [4.78, 5) is 13.7. The van der Waals surface area contributed by atoms with Crippen LogP contribution in [0.25, 0.3) is 0 Å². The molecule has 1 fully saturated rings. The Balaban J connectivity index is 1.42. The minimum atomic E-state index is -0.369. The number of halogens is 1. The van der Waals surface area contributed by atoms with Crippen LogP contribution in [0.15, 0.2) is 53.0 Å². The molecule has 1 amide bonds. The zero-order valence-electron chi connectivity index (χ0n) is 13.3. The van der Waals surface area contributed by atoms with Crippen molar-refractivity contribution in [3.63, 3.8) is 0 Å². The van der Waals surface area contributed by atoms with Gasteiger partial charge in [0.2, 0.25) is 0 Å². The zero-order valence-corrected chi connectivity index (χ0v) is 14.9. The van der Waals surface area contributed by atoms with E-state index in [1.165, 1.54) is 0 Å². The summed E-state index contributed by atoms with van der Waals surface area (Å²) in [5.41, 5.74) is 1.11. The van der Waals surface area contributed by atoms with Gasteiger partial charge in [-0.1, -0.05) is 34.1 Å². The van der Waals surface area contributed by atoms with E-state index >= 15 is 0 Å². The molecule has 3 rings (SSSR count). The average Bonchev–Trinajstić information content (AvgIpc) is 2.55. The number of rotatable bonds is 5. The lowest BCUT2D eigenvalue weighted by Crippen LogP contribution is -2.55. The Morgan fingerprint density at radius 2 is 1.88 bits per heavy atom. The normalized spacial score (nSPS) is 14.2. The summed E-state index contributed by atoms with van der Waals surface area (Å²) >= 11 is 3.40. The summed E-state index contributed by atoms with van der Waals surface area (Å²) in [6, 6.07) is 15.0. The molecule has 0 atom stereocenters. The number of benzene rings is 2. The van der Waals surface area contributed by atoms with Crippen LogP contribution in [0.5, 0.6) is 11.5 Å². The molecule has 0 saturated carbocycles. The molecular weight excluding hydrogens is 374 g/mol. The van der Waals surface area contributed by atoms with Crippen LogP contribution in [0.4, 0.5) is 4.79 Å². The zero-order chi connectivity index (χ0) is 16.9. The number of likely N-dealkylation sites (tertiary alicyclic amines) is 1. The van der Waals surface area contributed by atoms with E-state index in [2.05, 4.69) is 15.9 Å². The van der Waals surface area contributed by atoms with Crippen LogP contribution in [-0.4, -0.2) is 37.3 Å². The second kappa shape index (κ2) is 7.68. The minimum absolute atomic E-state index is 0.0477. The van der Waals surface area contributed by atoms with Crippen molar-refractivity contribution in [1.82, 2.24) is 4.90 Å². The van der Waals surface area contributed by atoms with Crippen molar-refractivity contribution >= 4 is 22.0 Å². The lowest BCUT2D eigenvalue weighted by atomic mass is 10.2. The van der Waals surface area contributed by atoms with Crippen molar-refractivity contribution in [2.24, 2.45) is 0 Å². The van der Waals surface area contributed by atoms with Crippen molar-refractivity contribution < 1.29 is 19.0 Å². The highest BCUT2D eigenvalue weighted by atomic mass is 79.9. The number of carbonyl (C=O) groups excluding carboxylic acids is 1. The lowest BCUT2D eigenvalue weighted by molar-refractivity contribution is -0.0508. The van der Waals surface area contributed by atoms with E-state index in [9.17, 15) is 4.79 Å². The highest BCUT2D eigenvalue weighted by Gasteiger charge is 2.32. The van der Waals surface area contributed by atoms with Crippen LogP contribution in [0.3, 0.4) is 0 Å². The van der Waals surface area contributed by atoms with Crippen molar-refractivity contribution in [3.05, 3.63) is 58.6 Å². The summed E-state index contributed by atoms with van der Waals surface area (Å²) < 4.78 is 17.3. The van der Waals surface area contributed by atoms with Gasteiger partial charge in [-0.3, -0.25) is 0 Å². The minimum Gasteiger partial charge on any atom is -0.497 e. The number of hydrogen-bond acceptors (Lipinski definition) is 4. The Kier molecular flexibility index (Phi) is 5.37. The topological polar surface area (TPSA) is 48.0 Å². The quantitative estimate of drug-likeness (QED) is 0.776. The summed E-state index contributed by atoms with van der Waals surface area (Å²) in [6.45, 7) is 1.62. The molecule has 1 aliphatic rings. The first-order valence-corrected chi connectivity index (χ1v) is 8.40. The second-order valence-electron chi connectivity index (χ2n) is 5.51. The van der Waals surface area contributed by atoms with Crippen LogP contribution in [0.1, 0.15) is 5.56 Å². The van der Waals surface area contributed by atoms with Gasteiger partial charge in [0.25, 0.3) is 0 Å². The SMILES string of the molecule is COc1cccc(OC(=O)N2CC(OCc3ccc(Br)cc3)C2)c1. The maximum atomic E-state index is 12.1. The van der Waals surface area contributed by atoms with Crippen LogP contribution in [-0.2, 0) is 11.3 Å². The predicted octanol–water partition coefficient (Wildman–Crippen LogP) is 3.86. The molecule has 1 heterocycles. The third-order valence-corrected chi connectivity index (χ3v) is 4.28. The average molecular weight is 392 g/mol. The van der Waals surface area contributed by atoms with Gasteiger partial charge in [-0.2, -0.15) is 0 Å². The van der Waals surface area contributed by atoms with Crippen molar-refractivity contribution in [1.29, 1.82) is 0 Å². The van der Waals surface area contributed by atoms with Gasteiger partial charge in [-0.05, 0) is 29.8 Å². The van der Waals surface area contributed by atoms with E-state index in [1.54, 1.807) is 36.3 Å². The van der Waals surface area contributed by atoms with Gasteiger partial charge >= 0.3 is 6.09 Å². The molecular formula is C18H18BrNO4. The number of amides is 1. The molecule has 0 N–H and O–H groups in total. The summed E-state index contributed by atoms with van der Waals surface area (Å²) in [5.74, 6) is 1.12. The summed E-state index contributed by atoms with van der Waals surface area (Å²) in [6.07, 6.45) is -0.321. The molecule has 0 radical (unpaired) electrons. The molecule has 24 heavy (non-hydrogen) atoms. The van der Waals surface area contributed by atoms with Crippen LogP contribution >= 0.6 is 15.9 Å². The first-order chi connectivity index (χ1) is 11.6. The highest BCUT2D eigenvalue weighted by Crippen LogP contribution is 2.21. The van der Waals surface area contributed by atoms with E-state index < -0.39 is 0 Å². The monoisotopic (exact) mass is 391 g/mol. The molecule has 0 bridgehead atoms. The highest BCUT2D eigenvalue weighted by molar-refractivity contribution is 9.10. The molecule has 6 heteroatoms. The lowest BCUT2D eigenvalue weighted by Gasteiger charge is -2.37. The van der Waals surface area contributed by atoms with E-state index in [1.807, 2.05) is 24.3 Å². The second-order valence-corrected chi connectivity index (χ2v) is 6.43. The van der Waals surface area contributed by atoms with Crippen molar-refractivity contribution in [2.45, 2.75) is 12.7 Å². The van der Waals surface area contributed by atoms with Gasteiger partial charge in [-0.15, -0.1) is 0 Å². The van der Waals surface area contributed by atoms with E-state index in [0.717, 1.165) is 10.0 Å². The van der Waals surface area contributed by atoms with Gasteiger partial charge in [0.1, 0.15) is 11.5 Å². The van der Waals surface area contributed by atoms with Crippen molar-refractivity contribution in [3.8, 4) is 11.5 Å². The van der Waals surface area contributed by atoms with E-state index in [-0.39, 0.29) is 12.2 Å². The fourth-order valence-electron chi connectivity index (χ4n) is 2.32. The molecule has 0 aliphatic carbocycles.